The molecule has 1 atom stereocenters. The number of hydrogen-bond donors (Lipinski definition) is 3. The van der Waals surface area contributed by atoms with Crippen molar-refractivity contribution in [3.8, 4) is 0 Å². The van der Waals surface area contributed by atoms with Crippen molar-refractivity contribution in [3.63, 3.8) is 0 Å². The molecule has 0 amide bonds. The highest BCUT2D eigenvalue weighted by Crippen LogP contribution is 2.24. The van der Waals surface area contributed by atoms with Gasteiger partial charge in [-0.05, 0) is 18.6 Å². The average Bonchev–Trinajstić information content (AvgIpc) is 2.86. The van der Waals surface area contributed by atoms with Gasteiger partial charge >= 0.3 is 0 Å². The van der Waals surface area contributed by atoms with Gasteiger partial charge in [0.1, 0.15) is 17.8 Å². The molecule has 1 aromatic carbocycles. The molecular formula is C15H16N4O. The van der Waals surface area contributed by atoms with Gasteiger partial charge in [-0.1, -0.05) is 30.3 Å². The first kappa shape index (κ1) is 12.6. The van der Waals surface area contributed by atoms with Crippen LogP contribution in [0.4, 0.5) is 5.82 Å². The predicted molar refractivity (Wildman–Crippen MR) is 78.5 cm³/mol. The predicted octanol–water partition coefficient (Wildman–Crippen LogP) is 2.41. The molecule has 0 radical (unpaired) electrons. The quantitative estimate of drug-likeness (QED) is 0.679. The van der Waals surface area contributed by atoms with E-state index < -0.39 is 0 Å². The van der Waals surface area contributed by atoms with Crippen molar-refractivity contribution in [1.29, 1.82) is 0 Å². The van der Waals surface area contributed by atoms with Gasteiger partial charge in [-0.3, -0.25) is 0 Å². The number of aryl methyl sites for hydroxylation is 1. The summed E-state index contributed by atoms with van der Waals surface area (Å²) < 4.78 is 0. The van der Waals surface area contributed by atoms with Crippen molar-refractivity contribution in [2.24, 2.45) is 0 Å². The molecule has 20 heavy (non-hydrogen) atoms. The fourth-order valence-electron chi connectivity index (χ4n) is 2.27. The van der Waals surface area contributed by atoms with Crippen LogP contribution < -0.4 is 5.32 Å². The van der Waals surface area contributed by atoms with E-state index in [-0.39, 0.29) is 12.6 Å². The van der Waals surface area contributed by atoms with Gasteiger partial charge in [0.15, 0.2) is 0 Å². The molecule has 0 unspecified atom stereocenters. The lowest BCUT2D eigenvalue weighted by Gasteiger charge is -2.17. The second-order valence-corrected chi connectivity index (χ2v) is 4.73. The highest BCUT2D eigenvalue weighted by molar-refractivity contribution is 5.87. The lowest BCUT2D eigenvalue weighted by atomic mass is 10.1. The zero-order chi connectivity index (χ0) is 13.9. The summed E-state index contributed by atoms with van der Waals surface area (Å²) in [6.45, 7) is 1.98. The maximum absolute atomic E-state index is 9.60. The molecule has 3 rings (SSSR count). The number of H-pyrrole nitrogens is 1. The van der Waals surface area contributed by atoms with Gasteiger partial charge in [-0.2, -0.15) is 0 Å². The zero-order valence-electron chi connectivity index (χ0n) is 11.2. The van der Waals surface area contributed by atoms with Crippen LogP contribution in [-0.2, 0) is 0 Å². The molecule has 0 bridgehead atoms. The van der Waals surface area contributed by atoms with E-state index in [1.165, 1.54) is 6.33 Å². The number of rotatable bonds is 4. The van der Waals surface area contributed by atoms with Crippen LogP contribution in [0.3, 0.4) is 0 Å². The van der Waals surface area contributed by atoms with Gasteiger partial charge in [-0.25, -0.2) is 9.97 Å². The van der Waals surface area contributed by atoms with Crippen LogP contribution in [0.5, 0.6) is 0 Å². The smallest absolute Gasteiger partial charge is 0.143 e. The van der Waals surface area contributed by atoms with Crippen molar-refractivity contribution in [2.75, 3.05) is 11.9 Å². The Morgan fingerprint density at radius 3 is 2.80 bits per heavy atom. The van der Waals surface area contributed by atoms with Crippen molar-refractivity contribution in [1.82, 2.24) is 15.0 Å². The van der Waals surface area contributed by atoms with Crippen molar-refractivity contribution in [3.05, 3.63) is 54.0 Å². The van der Waals surface area contributed by atoms with E-state index in [4.69, 9.17) is 0 Å². The Balaban J connectivity index is 1.95. The van der Waals surface area contributed by atoms with Gasteiger partial charge in [0.05, 0.1) is 18.0 Å². The van der Waals surface area contributed by atoms with Gasteiger partial charge in [0, 0.05) is 5.69 Å². The minimum atomic E-state index is -0.190. The molecule has 2 heterocycles. The van der Waals surface area contributed by atoms with E-state index in [1.54, 1.807) is 0 Å². The molecular weight excluding hydrogens is 252 g/mol. The highest BCUT2D eigenvalue weighted by atomic mass is 16.3. The third-order valence-corrected chi connectivity index (χ3v) is 3.26. The molecule has 0 saturated carbocycles. The largest absolute Gasteiger partial charge is 0.394 e. The summed E-state index contributed by atoms with van der Waals surface area (Å²) in [7, 11) is 0. The van der Waals surface area contributed by atoms with Gasteiger partial charge in [-0.15, -0.1) is 0 Å². The van der Waals surface area contributed by atoms with Crippen LogP contribution in [0.1, 0.15) is 17.3 Å². The minimum Gasteiger partial charge on any atom is -0.394 e. The second kappa shape index (κ2) is 5.30. The zero-order valence-corrected chi connectivity index (χ0v) is 11.2. The van der Waals surface area contributed by atoms with E-state index in [2.05, 4.69) is 20.3 Å². The summed E-state index contributed by atoms with van der Waals surface area (Å²) in [4.78, 5) is 11.7. The molecule has 5 nitrogen and oxygen atoms in total. The van der Waals surface area contributed by atoms with Crippen LogP contribution in [0.25, 0.3) is 11.0 Å². The molecule has 3 N–H and O–H groups in total. The number of nitrogens with zero attached hydrogens (tertiary/aromatic N) is 2. The number of aliphatic hydroxyl groups is 1. The molecule has 0 aliphatic carbocycles. The Kier molecular flexibility index (Phi) is 3.35. The van der Waals surface area contributed by atoms with Crippen LogP contribution in [0.2, 0.25) is 0 Å². The number of fused-ring (bicyclic) bond motifs is 1. The summed E-state index contributed by atoms with van der Waals surface area (Å²) in [5, 5.41) is 13.8. The Hall–Kier alpha value is -2.40. The van der Waals surface area contributed by atoms with Crippen LogP contribution in [-0.4, -0.2) is 26.7 Å². The molecule has 5 heteroatoms. The Labute approximate surface area is 116 Å². The number of anilines is 1. The van der Waals surface area contributed by atoms with E-state index in [1.807, 2.05) is 43.3 Å². The highest BCUT2D eigenvalue weighted by Gasteiger charge is 2.13. The first-order chi connectivity index (χ1) is 9.78. The molecule has 0 fully saturated rings. The average molecular weight is 268 g/mol. The summed E-state index contributed by atoms with van der Waals surface area (Å²) in [6.07, 6.45) is 1.51. The third kappa shape index (κ3) is 2.35. The van der Waals surface area contributed by atoms with Crippen molar-refractivity contribution >= 4 is 16.9 Å². The number of aromatic amines is 1. The molecule has 0 aliphatic heterocycles. The fraction of sp³-hybridized carbons (Fsp3) is 0.200. The standard InChI is InChI=1S/C15H16N4O/c1-10-7-12-14(18-10)16-9-17-15(12)19-13(8-20)11-5-3-2-4-6-11/h2-7,9,13,20H,8H2,1H3,(H2,16,17,18,19)/t13-/m0/s1. The summed E-state index contributed by atoms with van der Waals surface area (Å²) in [5.74, 6) is 0.724. The normalized spacial score (nSPS) is 12.5. The SMILES string of the molecule is Cc1cc2c(N[C@@H](CO)c3ccccc3)ncnc2[nH]1. The number of hydrogen-bond acceptors (Lipinski definition) is 4. The maximum Gasteiger partial charge on any atom is 0.143 e. The summed E-state index contributed by atoms with van der Waals surface area (Å²) in [5.41, 5.74) is 2.85. The van der Waals surface area contributed by atoms with E-state index in [9.17, 15) is 5.11 Å². The van der Waals surface area contributed by atoms with Crippen LogP contribution in [0, 0.1) is 6.92 Å². The van der Waals surface area contributed by atoms with Crippen LogP contribution >= 0.6 is 0 Å². The molecule has 0 saturated heterocycles. The Bertz CT molecular complexity index is 708. The number of aliphatic hydroxyl groups excluding tert-OH is 1. The number of aromatic nitrogens is 3. The molecule has 3 aromatic rings. The topological polar surface area (TPSA) is 73.8 Å². The second-order valence-electron chi connectivity index (χ2n) is 4.73. The monoisotopic (exact) mass is 268 g/mol. The van der Waals surface area contributed by atoms with E-state index in [0.29, 0.717) is 0 Å². The fourth-order valence-corrected chi connectivity index (χ4v) is 2.27. The van der Waals surface area contributed by atoms with Crippen molar-refractivity contribution < 1.29 is 5.11 Å². The Morgan fingerprint density at radius 1 is 1.25 bits per heavy atom. The van der Waals surface area contributed by atoms with Crippen LogP contribution in [0.15, 0.2) is 42.7 Å². The van der Waals surface area contributed by atoms with E-state index in [0.717, 1.165) is 28.1 Å². The van der Waals surface area contributed by atoms with E-state index >= 15 is 0 Å². The molecule has 0 aliphatic rings. The third-order valence-electron chi connectivity index (χ3n) is 3.26. The van der Waals surface area contributed by atoms with Gasteiger partial charge in [0.25, 0.3) is 0 Å². The van der Waals surface area contributed by atoms with Gasteiger partial charge < -0.3 is 15.4 Å². The molecule has 102 valence electrons. The summed E-state index contributed by atoms with van der Waals surface area (Å²) >= 11 is 0. The lowest BCUT2D eigenvalue weighted by Crippen LogP contribution is -2.15. The minimum absolute atomic E-state index is 0.00108. The first-order valence-corrected chi connectivity index (χ1v) is 6.50. The van der Waals surface area contributed by atoms with Gasteiger partial charge in [0.2, 0.25) is 0 Å². The molecule has 0 spiro atoms. The summed E-state index contributed by atoms with van der Waals surface area (Å²) in [6, 6.07) is 11.6. The number of nitrogens with one attached hydrogen (secondary N) is 2. The molecule has 2 aromatic heterocycles. The van der Waals surface area contributed by atoms with Crippen molar-refractivity contribution in [2.45, 2.75) is 13.0 Å². The number of benzene rings is 1. The lowest BCUT2D eigenvalue weighted by molar-refractivity contribution is 0.276. The first-order valence-electron chi connectivity index (χ1n) is 6.50. The maximum atomic E-state index is 9.60. The Morgan fingerprint density at radius 2 is 2.05 bits per heavy atom.